The van der Waals surface area contributed by atoms with Gasteiger partial charge in [-0.15, -0.1) is 0 Å². The van der Waals surface area contributed by atoms with Gasteiger partial charge >= 0.3 is 0 Å². The maximum Gasteiger partial charge on any atom is 0.257 e. The van der Waals surface area contributed by atoms with Gasteiger partial charge in [0.25, 0.3) is 5.91 Å². The fourth-order valence-electron chi connectivity index (χ4n) is 3.54. The minimum Gasteiger partial charge on any atom is -0.507 e. The Hall–Kier alpha value is -2.82. The summed E-state index contributed by atoms with van der Waals surface area (Å²) in [6.45, 7) is 3.25. The summed E-state index contributed by atoms with van der Waals surface area (Å²) in [5.41, 5.74) is 3.33. The third-order valence-corrected chi connectivity index (χ3v) is 4.89. The lowest BCUT2D eigenvalue weighted by molar-refractivity contribution is 0.0702. The van der Waals surface area contributed by atoms with Crippen molar-refractivity contribution >= 4 is 16.9 Å². The third-order valence-electron chi connectivity index (χ3n) is 4.89. The first-order valence-electron chi connectivity index (χ1n) is 8.65. The van der Waals surface area contributed by atoms with Gasteiger partial charge in [-0.2, -0.15) is 0 Å². The number of aromatic amines is 1. The van der Waals surface area contributed by atoms with E-state index in [0.29, 0.717) is 18.7 Å². The van der Waals surface area contributed by atoms with Gasteiger partial charge in [-0.1, -0.05) is 23.8 Å². The minimum absolute atomic E-state index is 0.0430. The molecule has 1 aliphatic rings. The van der Waals surface area contributed by atoms with Crippen LogP contribution in [0.25, 0.3) is 11.0 Å². The van der Waals surface area contributed by atoms with Crippen molar-refractivity contribution in [3.05, 3.63) is 59.4 Å². The predicted molar refractivity (Wildman–Crippen MR) is 96.8 cm³/mol. The lowest BCUT2D eigenvalue weighted by Crippen LogP contribution is -2.39. The van der Waals surface area contributed by atoms with Gasteiger partial charge in [0.1, 0.15) is 11.6 Å². The monoisotopic (exact) mass is 335 g/mol. The van der Waals surface area contributed by atoms with E-state index >= 15 is 0 Å². The zero-order valence-electron chi connectivity index (χ0n) is 14.2. The third kappa shape index (κ3) is 2.97. The van der Waals surface area contributed by atoms with E-state index in [2.05, 4.69) is 4.98 Å². The maximum atomic E-state index is 12.9. The number of imidazole rings is 1. The van der Waals surface area contributed by atoms with E-state index in [4.69, 9.17) is 4.98 Å². The van der Waals surface area contributed by atoms with Gasteiger partial charge in [0.15, 0.2) is 0 Å². The number of amides is 1. The Balaban J connectivity index is 1.58. The molecule has 0 bridgehead atoms. The number of phenols is 1. The van der Waals surface area contributed by atoms with Gasteiger partial charge in [-0.25, -0.2) is 4.98 Å². The number of nitrogens with one attached hydrogen (secondary N) is 1. The van der Waals surface area contributed by atoms with Gasteiger partial charge in [0.2, 0.25) is 0 Å². The molecule has 2 aromatic carbocycles. The molecular weight excluding hydrogens is 314 g/mol. The van der Waals surface area contributed by atoms with Gasteiger partial charge in [-0.05, 0) is 44.0 Å². The summed E-state index contributed by atoms with van der Waals surface area (Å²) in [6.07, 6.45) is 1.93. The molecule has 0 saturated carbocycles. The van der Waals surface area contributed by atoms with Crippen LogP contribution in [0.3, 0.4) is 0 Å². The van der Waals surface area contributed by atoms with E-state index < -0.39 is 0 Å². The fraction of sp³-hybridized carbons (Fsp3) is 0.300. The van der Waals surface area contributed by atoms with Crippen LogP contribution in [-0.2, 0) is 0 Å². The molecule has 0 spiro atoms. The molecule has 1 aromatic heterocycles. The van der Waals surface area contributed by atoms with E-state index in [-0.39, 0.29) is 17.6 Å². The number of nitrogens with zero attached hydrogens (tertiary/aromatic N) is 2. The lowest BCUT2D eigenvalue weighted by Gasteiger charge is -2.32. The number of carbonyl (C=O) groups is 1. The van der Waals surface area contributed by atoms with Crippen molar-refractivity contribution in [3.8, 4) is 5.75 Å². The number of rotatable bonds is 2. The van der Waals surface area contributed by atoms with E-state index in [0.717, 1.165) is 35.3 Å². The Morgan fingerprint density at radius 1 is 1.28 bits per heavy atom. The van der Waals surface area contributed by atoms with E-state index in [1.807, 2.05) is 36.1 Å². The van der Waals surface area contributed by atoms with E-state index in [9.17, 15) is 9.90 Å². The number of benzene rings is 2. The standard InChI is InChI=1S/C20H21N3O2/c1-13-8-9-18(24)15(11-13)20(25)23-10-4-5-14(12-23)19-21-16-6-2-3-7-17(16)22-19/h2-3,6-9,11,14,24H,4-5,10,12H2,1H3,(H,21,22)/t14-/m0/s1. The molecule has 1 aliphatic heterocycles. The van der Waals surface area contributed by atoms with Crippen LogP contribution in [0.15, 0.2) is 42.5 Å². The summed E-state index contributed by atoms with van der Waals surface area (Å²) in [6, 6.07) is 13.1. The molecule has 5 heteroatoms. The molecule has 128 valence electrons. The largest absolute Gasteiger partial charge is 0.507 e. The second-order valence-corrected chi connectivity index (χ2v) is 6.75. The molecule has 25 heavy (non-hydrogen) atoms. The molecule has 1 fully saturated rings. The van der Waals surface area contributed by atoms with Gasteiger partial charge in [-0.3, -0.25) is 4.79 Å². The zero-order valence-corrected chi connectivity index (χ0v) is 14.2. The van der Waals surface area contributed by atoms with Crippen LogP contribution in [0, 0.1) is 6.92 Å². The summed E-state index contributed by atoms with van der Waals surface area (Å²) in [5, 5.41) is 10.0. The first-order valence-corrected chi connectivity index (χ1v) is 8.65. The second-order valence-electron chi connectivity index (χ2n) is 6.75. The number of phenolic OH excluding ortho intramolecular Hbond substituents is 1. The molecule has 1 atom stereocenters. The average molecular weight is 335 g/mol. The summed E-state index contributed by atoms with van der Waals surface area (Å²) >= 11 is 0. The molecule has 5 nitrogen and oxygen atoms in total. The number of H-pyrrole nitrogens is 1. The second kappa shape index (κ2) is 6.24. The smallest absolute Gasteiger partial charge is 0.257 e. The highest BCUT2D eigenvalue weighted by molar-refractivity contribution is 5.97. The quantitative estimate of drug-likeness (QED) is 0.752. The Kier molecular flexibility index (Phi) is 3.92. The average Bonchev–Trinajstić information content (AvgIpc) is 3.07. The molecule has 4 rings (SSSR count). The van der Waals surface area contributed by atoms with Crippen molar-refractivity contribution in [1.82, 2.24) is 14.9 Å². The molecule has 1 amide bonds. The van der Waals surface area contributed by atoms with E-state index in [1.54, 1.807) is 18.2 Å². The topological polar surface area (TPSA) is 69.2 Å². The van der Waals surface area contributed by atoms with Crippen LogP contribution >= 0.6 is 0 Å². The van der Waals surface area contributed by atoms with Crippen LogP contribution < -0.4 is 0 Å². The van der Waals surface area contributed by atoms with Crippen molar-refractivity contribution in [2.24, 2.45) is 0 Å². The number of carbonyl (C=O) groups excluding carboxylic acids is 1. The number of aromatic nitrogens is 2. The van der Waals surface area contributed by atoms with E-state index in [1.165, 1.54) is 0 Å². The van der Waals surface area contributed by atoms with Crippen LogP contribution in [0.5, 0.6) is 5.75 Å². The van der Waals surface area contributed by atoms with Gasteiger partial charge < -0.3 is 15.0 Å². The van der Waals surface area contributed by atoms with Crippen LogP contribution in [-0.4, -0.2) is 39.0 Å². The molecule has 3 aromatic rings. The minimum atomic E-state index is -0.109. The molecule has 2 N–H and O–H groups in total. The summed E-state index contributed by atoms with van der Waals surface area (Å²) in [7, 11) is 0. The first-order chi connectivity index (χ1) is 12.1. The van der Waals surface area contributed by atoms with Crippen molar-refractivity contribution in [2.75, 3.05) is 13.1 Å². The number of hydrogen-bond acceptors (Lipinski definition) is 3. The highest BCUT2D eigenvalue weighted by Gasteiger charge is 2.28. The fourth-order valence-corrected chi connectivity index (χ4v) is 3.54. The van der Waals surface area contributed by atoms with Crippen molar-refractivity contribution in [1.29, 1.82) is 0 Å². The predicted octanol–water partition coefficient (Wildman–Crippen LogP) is 3.60. The number of aromatic hydroxyl groups is 1. The Morgan fingerprint density at radius 3 is 2.96 bits per heavy atom. The Bertz CT molecular complexity index is 899. The zero-order chi connectivity index (χ0) is 17.4. The molecule has 0 radical (unpaired) electrons. The number of aryl methyl sites for hydroxylation is 1. The molecule has 1 saturated heterocycles. The van der Waals surface area contributed by atoms with Crippen molar-refractivity contribution < 1.29 is 9.90 Å². The summed E-state index contributed by atoms with van der Waals surface area (Å²) in [5.74, 6) is 1.06. The van der Waals surface area contributed by atoms with Crippen LogP contribution in [0.1, 0.15) is 40.5 Å². The summed E-state index contributed by atoms with van der Waals surface area (Å²) < 4.78 is 0. The van der Waals surface area contributed by atoms with Gasteiger partial charge in [0.05, 0.1) is 16.6 Å². The Morgan fingerprint density at radius 2 is 2.12 bits per heavy atom. The molecule has 2 heterocycles. The number of piperidine rings is 1. The molecular formula is C20H21N3O2. The van der Waals surface area contributed by atoms with Crippen LogP contribution in [0.4, 0.5) is 0 Å². The SMILES string of the molecule is Cc1ccc(O)c(C(=O)N2CCC[C@H](c3nc4ccccc4[nH]3)C2)c1. The van der Waals surface area contributed by atoms with Crippen LogP contribution in [0.2, 0.25) is 0 Å². The number of para-hydroxylation sites is 2. The lowest BCUT2D eigenvalue weighted by atomic mass is 9.96. The highest BCUT2D eigenvalue weighted by atomic mass is 16.3. The van der Waals surface area contributed by atoms with Crippen molar-refractivity contribution in [2.45, 2.75) is 25.7 Å². The van der Waals surface area contributed by atoms with Gasteiger partial charge in [0, 0.05) is 19.0 Å². The highest BCUT2D eigenvalue weighted by Crippen LogP contribution is 2.29. The normalized spacial score (nSPS) is 17.8. The first kappa shape index (κ1) is 15.7. The maximum absolute atomic E-state index is 12.9. The number of hydrogen-bond donors (Lipinski definition) is 2. The number of fused-ring (bicyclic) bond motifs is 1. The molecule has 0 unspecified atom stereocenters. The Labute approximate surface area is 146 Å². The summed E-state index contributed by atoms with van der Waals surface area (Å²) in [4.78, 5) is 22.8. The van der Waals surface area contributed by atoms with Crippen molar-refractivity contribution in [3.63, 3.8) is 0 Å². The molecule has 0 aliphatic carbocycles. The number of likely N-dealkylation sites (tertiary alicyclic amines) is 1.